The summed E-state index contributed by atoms with van der Waals surface area (Å²) < 4.78 is 11.4. The Labute approximate surface area is 165 Å². The number of nitrogens with zero attached hydrogens (tertiary/aromatic N) is 3. The first-order chi connectivity index (χ1) is 13.7. The van der Waals surface area contributed by atoms with Crippen LogP contribution in [0.5, 0.6) is 5.75 Å². The molecule has 0 aliphatic heterocycles. The molecule has 0 saturated carbocycles. The summed E-state index contributed by atoms with van der Waals surface area (Å²) in [5, 5.41) is 9.03. The van der Waals surface area contributed by atoms with Gasteiger partial charge in [0.05, 0.1) is 28.3 Å². The van der Waals surface area contributed by atoms with Crippen LogP contribution in [0.3, 0.4) is 0 Å². The SMILES string of the molecule is CCOc1ccccc1-c1nnc(SC(C)c2nc3ccccc3c(=O)[nH]2)o1. The van der Waals surface area contributed by atoms with Gasteiger partial charge in [-0.05, 0) is 38.1 Å². The van der Waals surface area contributed by atoms with Crippen molar-refractivity contribution in [1.29, 1.82) is 0 Å². The number of aromatic amines is 1. The predicted octanol–water partition coefficient (Wildman–Crippen LogP) is 4.23. The van der Waals surface area contributed by atoms with E-state index >= 15 is 0 Å². The zero-order valence-corrected chi connectivity index (χ0v) is 16.2. The van der Waals surface area contributed by atoms with Gasteiger partial charge in [-0.25, -0.2) is 4.98 Å². The summed E-state index contributed by atoms with van der Waals surface area (Å²) in [5.41, 5.74) is 1.24. The maximum atomic E-state index is 12.3. The van der Waals surface area contributed by atoms with Gasteiger partial charge in [0.15, 0.2) is 0 Å². The molecule has 7 nitrogen and oxygen atoms in total. The average Bonchev–Trinajstić information content (AvgIpc) is 3.17. The number of benzene rings is 2. The predicted molar refractivity (Wildman–Crippen MR) is 108 cm³/mol. The third-order valence-corrected chi connectivity index (χ3v) is 5.06. The van der Waals surface area contributed by atoms with Crippen LogP contribution in [0.1, 0.15) is 24.9 Å². The van der Waals surface area contributed by atoms with E-state index in [1.807, 2.05) is 56.3 Å². The molecule has 4 aromatic rings. The normalized spacial score (nSPS) is 12.2. The highest BCUT2D eigenvalue weighted by molar-refractivity contribution is 7.99. The maximum absolute atomic E-state index is 12.3. The lowest BCUT2D eigenvalue weighted by Crippen LogP contribution is -2.12. The van der Waals surface area contributed by atoms with Crippen molar-refractivity contribution >= 4 is 22.7 Å². The quantitative estimate of drug-likeness (QED) is 0.489. The minimum atomic E-state index is -0.173. The van der Waals surface area contributed by atoms with Crippen LogP contribution in [0.25, 0.3) is 22.4 Å². The minimum absolute atomic E-state index is 0.162. The van der Waals surface area contributed by atoms with E-state index in [1.165, 1.54) is 11.8 Å². The number of para-hydroxylation sites is 2. The van der Waals surface area contributed by atoms with Crippen LogP contribution in [0.15, 0.2) is 63.0 Å². The fraction of sp³-hybridized carbons (Fsp3) is 0.200. The molecule has 1 unspecified atom stereocenters. The number of fused-ring (bicyclic) bond motifs is 1. The molecule has 2 aromatic carbocycles. The Morgan fingerprint density at radius 3 is 2.79 bits per heavy atom. The molecule has 8 heteroatoms. The van der Waals surface area contributed by atoms with Gasteiger partial charge in [0.2, 0.25) is 0 Å². The van der Waals surface area contributed by atoms with Crippen molar-refractivity contribution in [2.24, 2.45) is 0 Å². The molecule has 2 heterocycles. The molecule has 0 aliphatic rings. The Kier molecular flexibility index (Phi) is 5.12. The molecule has 0 saturated heterocycles. The Balaban J connectivity index is 1.58. The molecule has 1 N–H and O–H groups in total. The third-order valence-electron chi connectivity index (χ3n) is 4.12. The van der Waals surface area contributed by atoms with Crippen molar-refractivity contribution < 1.29 is 9.15 Å². The number of aromatic nitrogens is 4. The number of rotatable bonds is 6. The molecule has 28 heavy (non-hydrogen) atoms. The zero-order valence-electron chi connectivity index (χ0n) is 15.4. The second kappa shape index (κ2) is 7.85. The second-order valence-corrected chi connectivity index (χ2v) is 7.32. The molecule has 1 atom stereocenters. The van der Waals surface area contributed by atoms with Crippen molar-refractivity contribution in [1.82, 2.24) is 20.2 Å². The first kappa shape index (κ1) is 18.2. The second-order valence-electron chi connectivity index (χ2n) is 6.03. The van der Waals surface area contributed by atoms with E-state index < -0.39 is 0 Å². The molecule has 0 aliphatic carbocycles. The Bertz CT molecular complexity index is 1170. The topological polar surface area (TPSA) is 93.9 Å². The van der Waals surface area contributed by atoms with Gasteiger partial charge >= 0.3 is 0 Å². The fourth-order valence-electron chi connectivity index (χ4n) is 2.80. The highest BCUT2D eigenvalue weighted by Gasteiger charge is 2.18. The van der Waals surface area contributed by atoms with E-state index in [1.54, 1.807) is 6.07 Å². The lowest BCUT2D eigenvalue weighted by atomic mass is 10.2. The zero-order chi connectivity index (χ0) is 19.5. The standard InChI is InChI=1S/C20H18N4O3S/c1-3-26-16-11-7-5-9-14(16)19-23-24-20(27-19)28-12(2)17-21-15-10-6-4-8-13(15)18(25)22-17/h4-12H,3H2,1-2H3,(H,21,22,25). The van der Waals surface area contributed by atoms with Gasteiger partial charge in [-0.3, -0.25) is 4.79 Å². The molecule has 2 aromatic heterocycles. The average molecular weight is 394 g/mol. The largest absolute Gasteiger partial charge is 0.493 e. The highest BCUT2D eigenvalue weighted by atomic mass is 32.2. The highest BCUT2D eigenvalue weighted by Crippen LogP contribution is 2.35. The van der Waals surface area contributed by atoms with Crippen molar-refractivity contribution in [3.8, 4) is 17.2 Å². The summed E-state index contributed by atoms with van der Waals surface area (Å²) in [4.78, 5) is 19.7. The number of thioether (sulfide) groups is 1. The summed E-state index contributed by atoms with van der Waals surface area (Å²) >= 11 is 1.33. The van der Waals surface area contributed by atoms with E-state index in [4.69, 9.17) is 9.15 Å². The lowest BCUT2D eigenvalue weighted by molar-refractivity contribution is 0.340. The van der Waals surface area contributed by atoms with E-state index in [-0.39, 0.29) is 10.8 Å². The molecular formula is C20H18N4O3S. The number of hydrogen-bond acceptors (Lipinski definition) is 7. The van der Waals surface area contributed by atoms with Gasteiger partial charge < -0.3 is 14.1 Å². The van der Waals surface area contributed by atoms with Gasteiger partial charge in [-0.1, -0.05) is 36.0 Å². The molecule has 0 radical (unpaired) electrons. The van der Waals surface area contributed by atoms with Crippen LogP contribution in [0, 0.1) is 0 Å². The monoisotopic (exact) mass is 394 g/mol. The third kappa shape index (κ3) is 3.63. The first-order valence-electron chi connectivity index (χ1n) is 8.87. The molecule has 0 spiro atoms. The summed E-state index contributed by atoms with van der Waals surface area (Å²) in [6.07, 6.45) is 0. The van der Waals surface area contributed by atoms with Gasteiger partial charge in [0.1, 0.15) is 11.6 Å². The molecule has 0 bridgehead atoms. The van der Waals surface area contributed by atoms with Crippen LogP contribution in [0.2, 0.25) is 0 Å². The molecule has 0 amide bonds. The molecule has 142 valence electrons. The summed E-state index contributed by atoms with van der Waals surface area (Å²) in [6.45, 7) is 4.39. The minimum Gasteiger partial charge on any atom is -0.493 e. The number of hydrogen-bond donors (Lipinski definition) is 1. The van der Waals surface area contributed by atoms with Crippen LogP contribution in [0.4, 0.5) is 0 Å². The van der Waals surface area contributed by atoms with Crippen LogP contribution in [-0.2, 0) is 0 Å². The van der Waals surface area contributed by atoms with Crippen molar-refractivity contribution in [3.63, 3.8) is 0 Å². The van der Waals surface area contributed by atoms with Crippen molar-refractivity contribution in [2.75, 3.05) is 6.61 Å². The molecule has 4 rings (SSSR count). The first-order valence-corrected chi connectivity index (χ1v) is 9.75. The molecular weight excluding hydrogens is 376 g/mol. The summed E-state index contributed by atoms with van der Waals surface area (Å²) in [7, 11) is 0. The summed E-state index contributed by atoms with van der Waals surface area (Å²) in [5.74, 6) is 1.64. The van der Waals surface area contributed by atoms with Crippen LogP contribution >= 0.6 is 11.8 Å². The van der Waals surface area contributed by atoms with E-state index in [0.717, 1.165) is 5.56 Å². The van der Waals surface area contributed by atoms with Gasteiger partial charge in [0.25, 0.3) is 16.7 Å². The van der Waals surface area contributed by atoms with E-state index in [2.05, 4.69) is 20.2 Å². The van der Waals surface area contributed by atoms with Crippen molar-refractivity contribution in [3.05, 3.63) is 64.7 Å². The van der Waals surface area contributed by atoms with Crippen LogP contribution in [-0.4, -0.2) is 26.8 Å². The van der Waals surface area contributed by atoms with E-state index in [0.29, 0.717) is 40.2 Å². The Morgan fingerprint density at radius 2 is 1.93 bits per heavy atom. The smallest absolute Gasteiger partial charge is 0.277 e. The van der Waals surface area contributed by atoms with Crippen molar-refractivity contribution in [2.45, 2.75) is 24.3 Å². The molecule has 0 fully saturated rings. The van der Waals surface area contributed by atoms with E-state index in [9.17, 15) is 4.79 Å². The summed E-state index contributed by atoms with van der Waals surface area (Å²) in [6, 6.07) is 14.8. The Morgan fingerprint density at radius 1 is 1.14 bits per heavy atom. The maximum Gasteiger partial charge on any atom is 0.277 e. The Hall–Kier alpha value is -3.13. The lowest BCUT2D eigenvalue weighted by Gasteiger charge is -2.08. The van der Waals surface area contributed by atoms with Gasteiger partial charge in [-0.15, -0.1) is 10.2 Å². The number of ether oxygens (including phenoxy) is 1. The van der Waals surface area contributed by atoms with Gasteiger partial charge in [0, 0.05) is 0 Å². The number of H-pyrrole nitrogens is 1. The number of nitrogens with one attached hydrogen (secondary N) is 1. The fourth-order valence-corrected chi connectivity index (χ4v) is 3.54. The van der Waals surface area contributed by atoms with Crippen LogP contribution < -0.4 is 10.3 Å². The van der Waals surface area contributed by atoms with Gasteiger partial charge in [-0.2, -0.15) is 0 Å².